The number of carbonyl (C=O) groups excluding carboxylic acids is 1. The SMILES string of the molecule is CC(C)Oc1cnc(C(=O)Nc2cccc3c2OCCn2ncnc2-3)cc1-n1cnc(C2CC2)c1. The van der Waals surface area contributed by atoms with Gasteiger partial charge in [-0.2, -0.15) is 5.10 Å². The van der Waals surface area contributed by atoms with Gasteiger partial charge in [-0.15, -0.1) is 0 Å². The highest BCUT2D eigenvalue weighted by Crippen LogP contribution is 2.40. The van der Waals surface area contributed by atoms with E-state index in [2.05, 4.69) is 25.4 Å². The second-order valence-corrected chi connectivity index (χ2v) is 8.98. The van der Waals surface area contributed by atoms with E-state index in [1.807, 2.05) is 36.7 Å². The zero-order valence-corrected chi connectivity index (χ0v) is 19.5. The molecular formula is C25H25N7O3. The Balaban J connectivity index is 1.33. The van der Waals surface area contributed by atoms with E-state index in [1.54, 1.807) is 29.3 Å². The number of anilines is 1. The minimum atomic E-state index is -0.354. The van der Waals surface area contributed by atoms with Gasteiger partial charge in [-0.1, -0.05) is 6.07 Å². The van der Waals surface area contributed by atoms with Crippen molar-refractivity contribution in [3.63, 3.8) is 0 Å². The molecule has 1 amide bonds. The number of fused-ring (bicyclic) bond motifs is 3. The number of imidazole rings is 1. The number of nitrogens with zero attached hydrogens (tertiary/aromatic N) is 6. The molecule has 0 atom stereocenters. The third kappa shape index (κ3) is 4.11. The summed E-state index contributed by atoms with van der Waals surface area (Å²) in [4.78, 5) is 26.6. The first-order valence-corrected chi connectivity index (χ1v) is 11.7. The number of hydrogen-bond donors (Lipinski definition) is 1. The Bertz CT molecular complexity index is 1400. The lowest BCUT2D eigenvalue weighted by Gasteiger charge is -2.16. The van der Waals surface area contributed by atoms with E-state index < -0.39 is 0 Å². The summed E-state index contributed by atoms with van der Waals surface area (Å²) in [6.45, 7) is 4.91. The number of hydrogen-bond acceptors (Lipinski definition) is 7. The molecule has 3 aromatic heterocycles. The van der Waals surface area contributed by atoms with Crippen molar-refractivity contribution >= 4 is 11.6 Å². The summed E-state index contributed by atoms with van der Waals surface area (Å²) in [5.41, 5.74) is 3.36. The zero-order valence-electron chi connectivity index (χ0n) is 19.5. The van der Waals surface area contributed by atoms with E-state index in [0.717, 1.165) is 29.8 Å². The number of amides is 1. The van der Waals surface area contributed by atoms with Crippen LogP contribution in [0.4, 0.5) is 5.69 Å². The number of benzene rings is 1. The van der Waals surface area contributed by atoms with Gasteiger partial charge in [0.2, 0.25) is 0 Å². The van der Waals surface area contributed by atoms with Crippen LogP contribution in [0.5, 0.6) is 11.5 Å². The summed E-state index contributed by atoms with van der Waals surface area (Å²) in [5, 5.41) is 7.21. The smallest absolute Gasteiger partial charge is 0.274 e. The molecule has 1 saturated carbocycles. The second kappa shape index (κ2) is 8.53. The lowest BCUT2D eigenvalue weighted by molar-refractivity contribution is 0.102. The molecule has 1 aromatic carbocycles. The van der Waals surface area contributed by atoms with Crippen LogP contribution >= 0.6 is 0 Å². The Morgan fingerprint density at radius 2 is 2.11 bits per heavy atom. The van der Waals surface area contributed by atoms with Gasteiger partial charge in [-0.25, -0.2) is 19.6 Å². The minimum Gasteiger partial charge on any atom is -0.489 e. The van der Waals surface area contributed by atoms with Crippen molar-refractivity contribution in [3.8, 4) is 28.6 Å². The highest BCUT2D eigenvalue weighted by Gasteiger charge is 2.27. The van der Waals surface area contributed by atoms with Crippen LogP contribution in [-0.2, 0) is 6.54 Å². The average molecular weight is 472 g/mol. The van der Waals surface area contributed by atoms with Gasteiger partial charge in [0.05, 0.1) is 47.8 Å². The molecule has 1 aliphatic heterocycles. The van der Waals surface area contributed by atoms with Crippen LogP contribution in [0.15, 0.2) is 49.3 Å². The van der Waals surface area contributed by atoms with E-state index in [9.17, 15) is 4.79 Å². The second-order valence-electron chi connectivity index (χ2n) is 8.98. The molecule has 0 unspecified atom stereocenters. The Labute approximate surface area is 201 Å². The molecule has 4 aromatic rings. The topological polar surface area (TPSA) is 109 Å². The van der Waals surface area contributed by atoms with E-state index in [4.69, 9.17) is 9.47 Å². The maximum atomic E-state index is 13.3. The van der Waals surface area contributed by atoms with Gasteiger partial charge in [-0.05, 0) is 44.9 Å². The van der Waals surface area contributed by atoms with Crippen molar-refractivity contribution in [2.75, 3.05) is 11.9 Å². The van der Waals surface area contributed by atoms with E-state index >= 15 is 0 Å². The first-order chi connectivity index (χ1) is 17.1. The molecule has 35 heavy (non-hydrogen) atoms. The standard InChI is InChI=1S/C25H25N7O3/c1-15(2)35-22-11-26-19(10-21(22)31-12-20(28-14-31)16-6-7-16)25(33)30-18-5-3-4-17-23(18)34-9-8-32-24(17)27-13-29-32/h3-5,10-16H,6-9H2,1-2H3,(H,30,33). The van der Waals surface area contributed by atoms with Gasteiger partial charge in [-0.3, -0.25) is 4.79 Å². The molecule has 4 heterocycles. The lowest BCUT2D eigenvalue weighted by Crippen LogP contribution is -2.16. The summed E-state index contributed by atoms with van der Waals surface area (Å²) in [5.74, 6) is 2.03. The summed E-state index contributed by atoms with van der Waals surface area (Å²) in [7, 11) is 0. The molecule has 1 aliphatic carbocycles. The van der Waals surface area contributed by atoms with Crippen LogP contribution in [-0.4, -0.2) is 47.9 Å². The molecule has 0 spiro atoms. The summed E-state index contributed by atoms with van der Waals surface area (Å²) in [6.07, 6.45) is 9.16. The molecule has 6 rings (SSSR count). The van der Waals surface area contributed by atoms with Gasteiger partial charge in [0.25, 0.3) is 5.91 Å². The minimum absolute atomic E-state index is 0.0411. The lowest BCUT2D eigenvalue weighted by atomic mass is 10.1. The first kappa shape index (κ1) is 21.3. The van der Waals surface area contributed by atoms with Crippen molar-refractivity contribution in [3.05, 3.63) is 60.7 Å². The Kier molecular flexibility index (Phi) is 5.20. The van der Waals surface area contributed by atoms with Crippen molar-refractivity contribution in [1.82, 2.24) is 29.3 Å². The van der Waals surface area contributed by atoms with Crippen LogP contribution in [0.1, 0.15) is 48.8 Å². The number of rotatable bonds is 6. The highest BCUT2D eigenvalue weighted by atomic mass is 16.5. The predicted molar refractivity (Wildman–Crippen MR) is 128 cm³/mol. The maximum Gasteiger partial charge on any atom is 0.274 e. The van der Waals surface area contributed by atoms with Crippen molar-refractivity contribution in [2.45, 2.75) is 45.3 Å². The summed E-state index contributed by atoms with van der Waals surface area (Å²) >= 11 is 0. The molecule has 0 radical (unpaired) electrons. The number of ether oxygens (including phenoxy) is 2. The number of para-hydroxylation sites is 1. The van der Waals surface area contributed by atoms with Crippen molar-refractivity contribution in [1.29, 1.82) is 0 Å². The van der Waals surface area contributed by atoms with Crippen LogP contribution in [0.2, 0.25) is 0 Å². The van der Waals surface area contributed by atoms with Crippen molar-refractivity contribution < 1.29 is 14.3 Å². The monoisotopic (exact) mass is 471 g/mol. The number of pyridine rings is 1. The molecule has 0 bridgehead atoms. The van der Waals surface area contributed by atoms with E-state index in [1.165, 1.54) is 6.33 Å². The van der Waals surface area contributed by atoms with Gasteiger partial charge < -0.3 is 19.4 Å². The zero-order chi connectivity index (χ0) is 23.9. The fourth-order valence-corrected chi connectivity index (χ4v) is 4.19. The van der Waals surface area contributed by atoms with E-state index in [-0.39, 0.29) is 17.7 Å². The Hall–Kier alpha value is -4.21. The predicted octanol–water partition coefficient (Wildman–Crippen LogP) is 3.84. The first-order valence-electron chi connectivity index (χ1n) is 11.7. The van der Waals surface area contributed by atoms with Gasteiger partial charge >= 0.3 is 0 Å². The van der Waals surface area contributed by atoms with Crippen LogP contribution in [0, 0.1) is 0 Å². The fraction of sp³-hybridized carbons (Fsp3) is 0.320. The van der Waals surface area contributed by atoms with Gasteiger partial charge in [0, 0.05) is 12.1 Å². The molecule has 1 N–H and O–H groups in total. The van der Waals surface area contributed by atoms with Gasteiger partial charge in [0.1, 0.15) is 18.6 Å². The normalized spacial score (nSPS) is 14.6. The molecular weight excluding hydrogens is 446 g/mol. The molecule has 1 fully saturated rings. The maximum absolute atomic E-state index is 13.3. The van der Waals surface area contributed by atoms with Crippen LogP contribution in [0.3, 0.4) is 0 Å². The fourth-order valence-electron chi connectivity index (χ4n) is 4.19. The number of nitrogens with one attached hydrogen (secondary N) is 1. The van der Waals surface area contributed by atoms with Crippen molar-refractivity contribution in [2.24, 2.45) is 0 Å². The molecule has 0 saturated heterocycles. The highest BCUT2D eigenvalue weighted by molar-refractivity contribution is 6.04. The summed E-state index contributed by atoms with van der Waals surface area (Å²) in [6, 6.07) is 7.29. The van der Waals surface area contributed by atoms with E-state index in [0.29, 0.717) is 42.1 Å². The number of carbonyl (C=O) groups is 1. The quantitative estimate of drug-likeness (QED) is 0.455. The molecule has 10 heteroatoms. The largest absolute Gasteiger partial charge is 0.489 e. The third-order valence-corrected chi connectivity index (χ3v) is 5.99. The van der Waals surface area contributed by atoms with Crippen LogP contribution in [0.25, 0.3) is 17.1 Å². The molecule has 10 nitrogen and oxygen atoms in total. The third-order valence-electron chi connectivity index (χ3n) is 5.99. The Morgan fingerprint density at radius 3 is 2.94 bits per heavy atom. The van der Waals surface area contributed by atoms with Crippen LogP contribution < -0.4 is 14.8 Å². The average Bonchev–Trinajstić information content (AvgIpc) is 3.45. The Morgan fingerprint density at radius 1 is 1.23 bits per heavy atom. The molecule has 178 valence electrons. The number of aromatic nitrogens is 6. The summed E-state index contributed by atoms with van der Waals surface area (Å²) < 4.78 is 15.6. The molecule has 2 aliphatic rings. The van der Waals surface area contributed by atoms with Gasteiger partial charge in [0.15, 0.2) is 17.3 Å².